The maximum Gasteiger partial charge on any atom is 0.186 e. The second kappa shape index (κ2) is 10.2. The monoisotopic (exact) mass is 293 g/mol. The van der Waals surface area contributed by atoms with Crippen molar-refractivity contribution in [3.05, 3.63) is 29.8 Å². The van der Waals surface area contributed by atoms with Crippen molar-refractivity contribution in [2.45, 2.75) is 32.6 Å². The average molecular weight is 293 g/mol. The standard InChI is InChI=1S/C15H23N3OS/c1-3-4-5-6-11-19-14-9-7-13(8-10-14)12-17-18-15(20)16-2/h7-10,12H,3-6,11H2,1-2H3,(H2,16,18,20). The maximum absolute atomic E-state index is 5.68. The Balaban J connectivity index is 2.31. The molecule has 0 aliphatic heterocycles. The van der Waals surface area contributed by atoms with E-state index in [1.54, 1.807) is 13.3 Å². The van der Waals surface area contributed by atoms with Gasteiger partial charge in [-0.2, -0.15) is 5.10 Å². The highest BCUT2D eigenvalue weighted by Gasteiger charge is 1.94. The van der Waals surface area contributed by atoms with Crippen LogP contribution < -0.4 is 15.5 Å². The molecule has 0 amide bonds. The molecule has 0 unspecified atom stereocenters. The zero-order valence-corrected chi connectivity index (χ0v) is 13.0. The molecule has 1 rings (SSSR count). The Morgan fingerprint density at radius 2 is 2.00 bits per heavy atom. The number of hydrogen-bond donors (Lipinski definition) is 2. The fraction of sp³-hybridized carbons (Fsp3) is 0.467. The zero-order valence-electron chi connectivity index (χ0n) is 12.2. The Kier molecular flexibility index (Phi) is 8.38. The van der Waals surface area contributed by atoms with Crippen molar-refractivity contribution in [2.24, 2.45) is 5.10 Å². The van der Waals surface area contributed by atoms with Crippen LogP contribution in [0.3, 0.4) is 0 Å². The molecule has 0 aromatic heterocycles. The third-order valence-corrected chi connectivity index (χ3v) is 3.05. The Morgan fingerprint density at radius 1 is 1.25 bits per heavy atom. The first kappa shape index (κ1) is 16.4. The van der Waals surface area contributed by atoms with Crippen LogP contribution in [0.2, 0.25) is 0 Å². The van der Waals surface area contributed by atoms with Gasteiger partial charge >= 0.3 is 0 Å². The Hall–Kier alpha value is -1.62. The molecule has 0 saturated carbocycles. The molecular weight excluding hydrogens is 270 g/mol. The lowest BCUT2D eigenvalue weighted by Gasteiger charge is -2.06. The first-order valence-corrected chi connectivity index (χ1v) is 7.40. The van der Waals surface area contributed by atoms with E-state index in [4.69, 9.17) is 17.0 Å². The van der Waals surface area contributed by atoms with Crippen molar-refractivity contribution in [3.63, 3.8) is 0 Å². The summed E-state index contributed by atoms with van der Waals surface area (Å²) in [6, 6.07) is 7.85. The van der Waals surface area contributed by atoms with Gasteiger partial charge in [-0.3, -0.25) is 5.43 Å². The second-order valence-corrected chi connectivity index (χ2v) is 4.84. The fourth-order valence-electron chi connectivity index (χ4n) is 1.59. The molecule has 110 valence electrons. The summed E-state index contributed by atoms with van der Waals surface area (Å²) in [5.41, 5.74) is 3.70. The molecule has 0 saturated heterocycles. The number of nitrogens with zero attached hydrogens (tertiary/aromatic N) is 1. The van der Waals surface area contributed by atoms with Crippen LogP contribution in [0.25, 0.3) is 0 Å². The highest BCUT2D eigenvalue weighted by atomic mass is 32.1. The van der Waals surface area contributed by atoms with E-state index in [1.807, 2.05) is 24.3 Å². The molecule has 1 aromatic carbocycles. The van der Waals surface area contributed by atoms with Crippen molar-refractivity contribution in [2.75, 3.05) is 13.7 Å². The lowest BCUT2D eigenvalue weighted by molar-refractivity contribution is 0.305. The number of rotatable bonds is 8. The van der Waals surface area contributed by atoms with Crippen LogP contribution >= 0.6 is 12.2 Å². The van der Waals surface area contributed by atoms with E-state index in [1.165, 1.54) is 19.3 Å². The zero-order chi connectivity index (χ0) is 14.6. The van der Waals surface area contributed by atoms with Gasteiger partial charge in [-0.15, -0.1) is 0 Å². The minimum absolute atomic E-state index is 0.494. The molecule has 0 fully saturated rings. The third kappa shape index (κ3) is 7.09. The molecular formula is C15H23N3OS. The highest BCUT2D eigenvalue weighted by molar-refractivity contribution is 7.80. The van der Waals surface area contributed by atoms with Crippen molar-refractivity contribution in [1.82, 2.24) is 10.7 Å². The van der Waals surface area contributed by atoms with E-state index in [9.17, 15) is 0 Å². The van der Waals surface area contributed by atoms with Gasteiger partial charge in [0.25, 0.3) is 0 Å². The van der Waals surface area contributed by atoms with Gasteiger partial charge in [0.1, 0.15) is 5.75 Å². The van der Waals surface area contributed by atoms with Gasteiger partial charge in [0.15, 0.2) is 5.11 Å². The number of benzene rings is 1. The second-order valence-electron chi connectivity index (χ2n) is 4.43. The molecule has 0 heterocycles. The largest absolute Gasteiger partial charge is 0.494 e. The van der Waals surface area contributed by atoms with Crippen molar-refractivity contribution < 1.29 is 4.74 Å². The Bertz CT molecular complexity index is 418. The predicted octanol–water partition coefficient (Wildman–Crippen LogP) is 3.07. The van der Waals surface area contributed by atoms with Crippen LogP contribution in [0, 0.1) is 0 Å². The van der Waals surface area contributed by atoms with Crippen LogP contribution in [0.5, 0.6) is 5.75 Å². The Morgan fingerprint density at radius 3 is 2.65 bits per heavy atom. The summed E-state index contributed by atoms with van der Waals surface area (Å²) in [6.45, 7) is 2.99. The molecule has 0 atom stereocenters. The van der Waals surface area contributed by atoms with Crippen molar-refractivity contribution in [3.8, 4) is 5.75 Å². The minimum Gasteiger partial charge on any atom is -0.494 e. The first-order chi connectivity index (χ1) is 9.76. The molecule has 0 spiro atoms. The number of unbranched alkanes of at least 4 members (excludes halogenated alkanes) is 3. The number of thiocarbonyl (C=S) groups is 1. The van der Waals surface area contributed by atoms with E-state index in [0.29, 0.717) is 5.11 Å². The summed E-state index contributed by atoms with van der Waals surface area (Å²) in [5, 5.41) is 7.30. The van der Waals surface area contributed by atoms with Gasteiger partial charge < -0.3 is 10.1 Å². The summed E-state index contributed by atoms with van der Waals surface area (Å²) in [4.78, 5) is 0. The third-order valence-electron chi connectivity index (χ3n) is 2.75. The number of hydrogen-bond acceptors (Lipinski definition) is 3. The smallest absolute Gasteiger partial charge is 0.186 e. The average Bonchev–Trinajstić information content (AvgIpc) is 2.48. The summed E-state index contributed by atoms with van der Waals surface area (Å²) in [5.74, 6) is 0.900. The summed E-state index contributed by atoms with van der Waals surface area (Å²) < 4.78 is 5.68. The molecule has 20 heavy (non-hydrogen) atoms. The molecule has 4 nitrogen and oxygen atoms in total. The summed E-state index contributed by atoms with van der Waals surface area (Å²) in [6.07, 6.45) is 6.59. The summed E-state index contributed by atoms with van der Waals surface area (Å²) >= 11 is 4.91. The first-order valence-electron chi connectivity index (χ1n) is 7.00. The minimum atomic E-state index is 0.494. The lowest BCUT2D eigenvalue weighted by atomic mass is 10.2. The normalized spacial score (nSPS) is 10.5. The van der Waals surface area contributed by atoms with Crippen LogP contribution in [0.1, 0.15) is 38.2 Å². The Labute approximate surface area is 126 Å². The number of nitrogens with one attached hydrogen (secondary N) is 2. The van der Waals surface area contributed by atoms with Crippen molar-refractivity contribution in [1.29, 1.82) is 0 Å². The molecule has 0 aliphatic carbocycles. The molecule has 0 bridgehead atoms. The fourth-order valence-corrected chi connectivity index (χ4v) is 1.64. The molecule has 0 radical (unpaired) electrons. The molecule has 2 N–H and O–H groups in total. The van der Waals surface area contributed by atoms with Gasteiger partial charge in [0.05, 0.1) is 12.8 Å². The van der Waals surface area contributed by atoms with Gasteiger partial charge in [0.2, 0.25) is 0 Å². The maximum atomic E-state index is 5.68. The van der Waals surface area contributed by atoms with Crippen LogP contribution in [-0.2, 0) is 0 Å². The van der Waals surface area contributed by atoms with E-state index in [-0.39, 0.29) is 0 Å². The predicted molar refractivity (Wildman–Crippen MR) is 88.5 cm³/mol. The van der Waals surface area contributed by atoms with E-state index in [0.717, 1.165) is 24.3 Å². The van der Waals surface area contributed by atoms with Crippen molar-refractivity contribution >= 4 is 23.5 Å². The molecule has 0 aliphatic rings. The molecule has 1 aromatic rings. The number of hydrazone groups is 1. The SMILES string of the molecule is CCCCCCOc1ccc(C=NNC(=S)NC)cc1. The number of ether oxygens (including phenoxy) is 1. The van der Waals surface area contributed by atoms with Gasteiger partial charge in [-0.25, -0.2) is 0 Å². The van der Waals surface area contributed by atoms with Crippen LogP contribution in [0.4, 0.5) is 0 Å². The quantitative estimate of drug-likeness (QED) is 0.335. The van der Waals surface area contributed by atoms with E-state index < -0.39 is 0 Å². The lowest BCUT2D eigenvalue weighted by Crippen LogP contribution is -2.28. The highest BCUT2D eigenvalue weighted by Crippen LogP contribution is 2.12. The van der Waals surface area contributed by atoms with Gasteiger partial charge in [-0.05, 0) is 48.5 Å². The topological polar surface area (TPSA) is 45.6 Å². The van der Waals surface area contributed by atoms with Gasteiger partial charge in [-0.1, -0.05) is 26.2 Å². The molecule has 5 heteroatoms. The van der Waals surface area contributed by atoms with E-state index >= 15 is 0 Å². The summed E-state index contributed by atoms with van der Waals surface area (Å²) in [7, 11) is 1.75. The van der Waals surface area contributed by atoms with Crippen LogP contribution in [0.15, 0.2) is 29.4 Å². The van der Waals surface area contributed by atoms with Crippen LogP contribution in [-0.4, -0.2) is 25.0 Å². The van der Waals surface area contributed by atoms with E-state index in [2.05, 4.69) is 22.8 Å². The van der Waals surface area contributed by atoms with Gasteiger partial charge in [0, 0.05) is 7.05 Å².